The predicted molar refractivity (Wildman–Crippen MR) is 107 cm³/mol. The van der Waals surface area contributed by atoms with E-state index in [0.717, 1.165) is 43.0 Å². The Balaban J connectivity index is 1.81. The number of nitrogens with two attached hydrogens (primary N) is 1. The number of nitrogens with zero attached hydrogens (tertiary/aromatic N) is 1. The van der Waals surface area contributed by atoms with Crippen LogP contribution in [0, 0.1) is 17.6 Å². The van der Waals surface area contributed by atoms with Crippen molar-refractivity contribution in [2.24, 2.45) is 11.7 Å². The molecule has 3 rings (SSSR count). The summed E-state index contributed by atoms with van der Waals surface area (Å²) in [5, 5.41) is 2.95. The number of para-hydroxylation sites is 1. The fraction of sp³-hybridized carbons (Fsp3) is 0.364. The average molecular weight is 401 g/mol. The summed E-state index contributed by atoms with van der Waals surface area (Å²) in [4.78, 5) is 26.8. The monoisotopic (exact) mass is 401 g/mol. The number of hydrogen-bond acceptors (Lipinski definition) is 3. The largest absolute Gasteiger partial charge is 0.334 e. The molecule has 0 aromatic heterocycles. The quantitative estimate of drug-likeness (QED) is 0.708. The minimum Gasteiger partial charge on any atom is -0.334 e. The molecule has 0 saturated heterocycles. The van der Waals surface area contributed by atoms with Gasteiger partial charge < -0.3 is 16.0 Å². The number of carbonyl (C=O) groups excluding carboxylic acids is 2. The van der Waals surface area contributed by atoms with Gasteiger partial charge in [0.1, 0.15) is 11.6 Å². The maximum absolute atomic E-state index is 13.6. The summed E-state index contributed by atoms with van der Waals surface area (Å²) in [6, 6.07) is 10.0. The smallest absolute Gasteiger partial charge is 0.254 e. The maximum Gasteiger partial charge on any atom is 0.254 e. The van der Waals surface area contributed by atoms with Crippen molar-refractivity contribution in [3.8, 4) is 0 Å². The van der Waals surface area contributed by atoms with Crippen LogP contribution < -0.4 is 11.1 Å². The highest BCUT2D eigenvalue weighted by atomic mass is 19.1. The highest BCUT2D eigenvalue weighted by Crippen LogP contribution is 2.28. The average Bonchev–Trinajstić information content (AvgIpc) is 2.63. The highest BCUT2D eigenvalue weighted by molar-refractivity contribution is 5.95. The SMILES string of the molecule is NCCCN(Cc1ccccc1NC(=O)C1CCC1)C(=O)c1cc(F)cc(F)c1. The van der Waals surface area contributed by atoms with Gasteiger partial charge in [-0.05, 0) is 49.6 Å². The van der Waals surface area contributed by atoms with Gasteiger partial charge in [0, 0.05) is 36.3 Å². The number of halogens is 2. The van der Waals surface area contributed by atoms with Crippen molar-refractivity contribution in [2.75, 3.05) is 18.4 Å². The minimum atomic E-state index is -0.805. The number of amides is 2. The van der Waals surface area contributed by atoms with Gasteiger partial charge in [-0.25, -0.2) is 8.78 Å². The first-order valence-corrected chi connectivity index (χ1v) is 9.82. The Labute approximate surface area is 168 Å². The van der Waals surface area contributed by atoms with Gasteiger partial charge in [-0.1, -0.05) is 24.6 Å². The molecule has 0 atom stereocenters. The second-order valence-corrected chi connectivity index (χ2v) is 7.30. The van der Waals surface area contributed by atoms with Crippen LogP contribution in [-0.4, -0.2) is 29.8 Å². The van der Waals surface area contributed by atoms with E-state index >= 15 is 0 Å². The molecule has 2 aromatic rings. The first-order chi connectivity index (χ1) is 14.0. The van der Waals surface area contributed by atoms with Crippen LogP contribution in [0.15, 0.2) is 42.5 Å². The summed E-state index contributed by atoms with van der Waals surface area (Å²) in [5.41, 5.74) is 6.92. The third-order valence-electron chi connectivity index (χ3n) is 5.14. The van der Waals surface area contributed by atoms with Crippen molar-refractivity contribution in [2.45, 2.75) is 32.2 Å². The molecule has 3 N–H and O–H groups in total. The van der Waals surface area contributed by atoms with E-state index < -0.39 is 17.5 Å². The van der Waals surface area contributed by atoms with Gasteiger partial charge in [0.05, 0.1) is 0 Å². The zero-order valence-electron chi connectivity index (χ0n) is 16.2. The summed E-state index contributed by atoms with van der Waals surface area (Å²) < 4.78 is 27.1. The highest BCUT2D eigenvalue weighted by Gasteiger charge is 2.26. The summed E-state index contributed by atoms with van der Waals surface area (Å²) >= 11 is 0. The molecular weight excluding hydrogens is 376 g/mol. The lowest BCUT2D eigenvalue weighted by Crippen LogP contribution is -2.33. The van der Waals surface area contributed by atoms with E-state index in [1.165, 1.54) is 4.90 Å². The van der Waals surface area contributed by atoms with Crippen LogP contribution in [0.1, 0.15) is 41.6 Å². The Morgan fingerprint density at radius 2 is 1.79 bits per heavy atom. The number of benzene rings is 2. The topological polar surface area (TPSA) is 75.4 Å². The summed E-state index contributed by atoms with van der Waals surface area (Å²) in [6.07, 6.45) is 3.38. The second-order valence-electron chi connectivity index (χ2n) is 7.30. The molecule has 0 radical (unpaired) electrons. The molecule has 29 heavy (non-hydrogen) atoms. The Bertz CT molecular complexity index is 864. The first kappa shape index (κ1) is 20.9. The van der Waals surface area contributed by atoms with Crippen molar-refractivity contribution in [3.05, 3.63) is 65.2 Å². The summed E-state index contributed by atoms with van der Waals surface area (Å²) in [7, 11) is 0. The molecule has 0 spiro atoms. The fourth-order valence-corrected chi connectivity index (χ4v) is 3.29. The van der Waals surface area contributed by atoms with Gasteiger partial charge in [0.25, 0.3) is 5.91 Å². The van der Waals surface area contributed by atoms with E-state index in [-0.39, 0.29) is 23.9 Å². The van der Waals surface area contributed by atoms with Crippen LogP contribution in [0.3, 0.4) is 0 Å². The zero-order chi connectivity index (χ0) is 20.8. The van der Waals surface area contributed by atoms with E-state index in [2.05, 4.69) is 5.32 Å². The molecule has 0 aliphatic heterocycles. The van der Waals surface area contributed by atoms with Gasteiger partial charge in [0.15, 0.2) is 0 Å². The van der Waals surface area contributed by atoms with Crippen molar-refractivity contribution >= 4 is 17.5 Å². The van der Waals surface area contributed by atoms with E-state index in [1.54, 1.807) is 6.07 Å². The fourth-order valence-electron chi connectivity index (χ4n) is 3.29. The lowest BCUT2D eigenvalue weighted by atomic mass is 9.85. The van der Waals surface area contributed by atoms with Crippen LogP contribution in [0.25, 0.3) is 0 Å². The molecule has 1 fully saturated rings. The minimum absolute atomic E-state index is 0.0178. The van der Waals surface area contributed by atoms with Gasteiger partial charge in [-0.3, -0.25) is 9.59 Å². The number of hydrogen-bond donors (Lipinski definition) is 2. The third kappa shape index (κ3) is 5.38. The molecule has 5 nitrogen and oxygen atoms in total. The molecule has 1 aliphatic rings. The Morgan fingerprint density at radius 3 is 2.41 bits per heavy atom. The number of anilines is 1. The van der Waals surface area contributed by atoms with Gasteiger partial charge in [0.2, 0.25) is 5.91 Å². The molecule has 0 bridgehead atoms. The molecule has 154 valence electrons. The van der Waals surface area contributed by atoms with E-state index in [0.29, 0.717) is 25.2 Å². The lowest BCUT2D eigenvalue weighted by molar-refractivity contribution is -0.122. The van der Waals surface area contributed by atoms with Crippen molar-refractivity contribution in [3.63, 3.8) is 0 Å². The van der Waals surface area contributed by atoms with Crippen molar-refractivity contribution in [1.82, 2.24) is 4.90 Å². The van der Waals surface area contributed by atoms with Crippen LogP contribution in [0.2, 0.25) is 0 Å². The number of nitrogens with one attached hydrogen (secondary N) is 1. The second kappa shape index (κ2) is 9.60. The van der Waals surface area contributed by atoms with Gasteiger partial charge >= 0.3 is 0 Å². The molecule has 0 heterocycles. The maximum atomic E-state index is 13.6. The van der Waals surface area contributed by atoms with Crippen LogP contribution in [-0.2, 0) is 11.3 Å². The van der Waals surface area contributed by atoms with Gasteiger partial charge in [-0.2, -0.15) is 0 Å². The van der Waals surface area contributed by atoms with Crippen LogP contribution >= 0.6 is 0 Å². The normalized spacial score (nSPS) is 13.6. The van der Waals surface area contributed by atoms with E-state index in [4.69, 9.17) is 5.73 Å². The standard InChI is InChI=1S/C22H25F2N3O2/c23-18-11-17(12-19(24)13-18)22(29)27(10-4-9-25)14-16-5-1-2-8-20(16)26-21(28)15-6-3-7-15/h1-2,5,8,11-13,15H,3-4,6-7,9-10,14,25H2,(H,26,28). The Hall–Kier alpha value is -2.80. The lowest BCUT2D eigenvalue weighted by Gasteiger charge is -2.26. The third-order valence-corrected chi connectivity index (χ3v) is 5.14. The van der Waals surface area contributed by atoms with E-state index in [9.17, 15) is 18.4 Å². The number of rotatable bonds is 8. The predicted octanol–water partition coefficient (Wildman–Crippen LogP) is 3.69. The van der Waals surface area contributed by atoms with Crippen LogP contribution in [0.4, 0.5) is 14.5 Å². The van der Waals surface area contributed by atoms with Crippen molar-refractivity contribution in [1.29, 1.82) is 0 Å². The van der Waals surface area contributed by atoms with E-state index in [1.807, 2.05) is 18.2 Å². The molecule has 2 amide bonds. The molecule has 1 aliphatic carbocycles. The van der Waals surface area contributed by atoms with Gasteiger partial charge in [-0.15, -0.1) is 0 Å². The summed E-state index contributed by atoms with van der Waals surface area (Å²) in [6.45, 7) is 0.901. The zero-order valence-corrected chi connectivity index (χ0v) is 16.2. The molecular formula is C22H25F2N3O2. The molecule has 0 unspecified atom stereocenters. The Morgan fingerprint density at radius 1 is 1.10 bits per heavy atom. The Kier molecular flexibility index (Phi) is 6.93. The van der Waals surface area contributed by atoms with Crippen molar-refractivity contribution < 1.29 is 18.4 Å². The molecule has 1 saturated carbocycles. The summed E-state index contributed by atoms with van der Waals surface area (Å²) in [5.74, 6) is -2.08. The number of carbonyl (C=O) groups is 2. The molecule has 7 heteroatoms. The molecule has 2 aromatic carbocycles. The van der Waals surface area contributed by atoms with Crippen LogP contribution in [0.5, 0.6) is 0 Å². The first-order valence-electron chi connectivity index (χ1n) is 9.82.